The van der Waals surface area contributed by atoms with Gasteiger partial charge in [-0.3, -0.25) is 14.3 Å². The number of hydrogen-bond acceptors (Lipinski definition) is 6. The summed E-state index contributed by atoms with van der Waals surface area (Å²) in [4.78, 5) is 24.5. The van der Waals surface area contributed by atoms with Crippen molar-refractivity contribution in [1.29, 1.82) is 0 Å². The number of hydrogen-bond donors (Lipinski definition) is 4. The van der Waals surface area contributed by atoms with Crippen LogP contribution in [0.3, 0.4) is 0 Å². The summed E-state index contributed by atoms with van der Waals surface area (Å²) >= 11 is 0. The molecule has 0 aliphatic carbocycles. The molecule has 0 aromatic carbocycles. The van der Waals surface area contributed by atoms with Gasteiger partial charge in [0.1, 0.15) is 12.2 Å². The third-order valence-corrected chi connectivity index (χ3v) is 2.79. The Hall–Kier alpha value is -1.48. The highest BCUT2D eigenvalue weighted by molar-refractivity contribution is 4.98. The highest BCUT2D eigenvalue weighted by atomic mass is 16.6. The number of nitrogens with zero attached hydrogens (tertiary/aromatic N) is 1. The quantitative estimate of drug-likeness (QED) is 0.437. The Morgan fingerprint density at radius 2 is 2.24 bits per heavy atom. The summed E-state index contributed by atoms with van der Waals surface area (Å²) in [6.45, 7) is -0.926. The number of rotatable bonds is 2. The largest absolute Gasteiger partial charge is 0.391 e. The highest BCUT2D eigenvalue weighted by Gasteiger charge is 2.50. The molecule has 0 amide bonds. The molecule has 1 fully saturated rings. The average molecular weight is 244 g/mol. The van der Waals surface area contributed by atoms with E-state index in [0.717, 1.165) is 16.8 Å². The maximum Gasteiger partial charge on any atom is 0.330 e. The van der Waals surface area contributed by atoms with Crippen LogP contribution in [0.25, 0.3) is 0 Å². The van der Waals surface area contributed by atoms with Crippen LogP contribution in [0, 0.1) is 0 Å². The van der Waals surface area contributed by atoms with Crippen LogP contribution < -0.4 is 11.2 Å². The molecule has 4 N–H and O–H groups in total. The van der Waals surface area contributed by atoms with Gasteiger partial charge in [0.15, 0.2) is 0 Å². The first-order valence-electron chi connectivity index (χ1n) is 4.94. The molecule has 8 nitrogen and oxygen atoms in total. The zero-order valence-electron chi connectivity index (χ0n) is 8.74. The fourth-order valence-corrected chi connectivity index (χ4v) is 1.85. The molecule has 1 aromatic heterocycles. The molecule has 3 atom stereocenters. The number of aliphatic hydroxyl groups excluding tert-OH is 3. The van der Waals surface area contributed by atoms with Gasteiger partial charge >= 0.3 is 5.69 Å². The number of aromatic nitrogens is 2. The lowest BCUT2D eigenvalue weighted by molar-refractivity contribution is -0.154. The van der Waals surface area contributed by atoms with Crippen LogP contribution >= 0.6 is 0 Å². The molecule has 0 unspecified atom stereocenters. The van der Waals surface area contributed by atoms with E-state index in [9.17, 15) is 24.9 Å². The topological polar surface area (TPSA) is 125 Å². The van der Waals surface area contributed by atoms with Gasteiger partial charge in [0.05, 0.1) is 13.2 Å². The first-order chi connectivity index (χ1) is 8.01. The second-order valence-electron chi connectivity index (χ2n) is 3.81. The molecular weight excluding hydrogens is 232 g/mol. The number of aliphatic hydroxyl groups is 3. The summed E-state index contributed by atoms with van der Waals surface area (Å²) < 4.78 is 5.97. The van der Waals surface area contributed by atoms with E-state index in [1.165, 1.54) is 0 Å². The highest BCUT2D eigenvalue weighted by Crippen LogP contribution is 2.29. The van der Waals surface area contributed by atoms with Crippen molar-refractivity contribution in [3.05, 3.63) is 33.1 Å². The summed E-state index contributed by atoms with van der Waals surface area (Å²) in [5.74, 6) is 0. The van der Waals surface area contributed by atoms with Gasteiger partial charge in [0.25, 0.3) is 5.56 Å². The lowest BCUT2D eigenvalue weighted by Crippen LogP contribution is -2.53. The molecule has 8 heteroatoms. The van der Waals surface area contributed by atoms with E-state index in [2.05, 4.69) is 0 Å². The van der Waals surface area contributed by atoms with Crippen molar-refractivity contribution >= 4 is 0 Å². The zero-order chi connectivity index (χ0) is 12.6. The Bertz CT molecular complexity index is 523. The minimum absolute atomic E-state index is 0.215. The predicted octanol–water partition coefficient (Wildman–Crippen LogP) is -3.07. The van der Waals surface area contributed by atoms with Crippen LogP contribution in [0.2, 0.25) is 0 Å². The van der Waals surface area contributed by atoms with Crippen molar-refractivity contribution in [2.75, 3.05) is 13.2 Å². The van der Waals surface area contributed by atoms with E-state index in [0.29, 0.717) is 0 Å². The molecule has 2 heterocycles. The molecule has 0 bridgehead atoms. The monoisotopic (exact) mass is 244 g/mol. The van der Waals surface area contributed by atoms with Crippen molar-refractivity contribution in [2.45, 2.75) is 17.9 Å². The van der Waals surface area contributed by atoms with Crippen LogP contribution in [-0.2, 0) is 10.5 Å². The second-order valence-corrected chi connectivity index (χ2v) is 3.81. The molecule has 1 aliphatic rings. The summed E-state index contributed by atoms with van der Waals surface area (Å²) in [6.07, 6.45) is -1.57. The van der Waals surface area contributed by atoms with Gasteiger partial charge in [0, 0.05) is 12.3 Å². The second kappa shape index (κ2) is 4.08. The van der Waals surface area contributed by atoms with Crippen molar-refractivity contribution in [2.24, 2.45) is 0 Å². The molecule has 2 rings (SSSR count). The maximum atomic E-state index is 11.6. The van der Waals surface area contributed by atoms with E-state index in [-0.39, 0.29) is 6.61 Å². The Kier molecular flexibility index (Phi) is 2.87. The lowest BCUT2D eigenvalue weighted by Gasteiger charge is -2.31. The first kappa shape index (κ1) is 12.0. The lowest BCUT2D eigenvalue weighted by atomic mass is 10.1. The van der Waals surface area contributed by atoms with Gasteiger partial charge in [-0.15, -0.1) is 0 Å². The average Bonchev–Trinajstić information content (AvgIpc) is 2.58. The SMILES string of the molecule is O=c1ccn([C@@]2(CO)OC[C@H](O)[C@@H]2O)c(=O)[nH]1. The van der Waals surface area contributed by atoms with Crippen LogP contribution in [0.1, 0.15) is 0 Å². The van der Waals surface area contributed by atoms with Crippen molar-refractivity contribution in [1.82, 2.24) is 9.55 Å². The standard InChI is InChI=1S/C9H12N2O6/c12-4-9(7(15)5(13)3-17-9)11-2-1-6(14)10-8(11)16/h1-2,5,7,12-13,15H,3-4H2,(H,10,14,16)/t5-,7-,9-/m0/s1. The number of H-pyrrole nitrogens is 1. The molecule has 0 spiro atoms. The van der Waals surface area contributed by atoms with Crippen molar-refractivity contribution in [3.8, 4) is 0 Å². The first-order valence-corrected chi connectivity index (χ1v) is 4.94. The summed E-state index contributed by atoms with van der Waals surface area (Å²) in [6, 6.07) is 1.06. The third-order valence-electron chi connectivity index (χ3n) is 2.79. The Labute approximate surface area is 94.7 Å². The fraction of sp³-hybridized carbons (Fsp3) is 0.556. The van der Waals surface area contributed by atoms with Crippen LogP contribution in [0.5, 0.6) is 0 Å². The predicted molar refractivity (Wildman–Crippen MR) is 54.3 cm³/mol. The molecule has 17 heavy (non-hydrogen) atoms. The summed E-state index contributed by atoms with van der Waals surface area (Å²) in [5.41, 5.74) is -3.20. The molecule has 1 saturated heterocycles. The van der Waals surface area contributed by atoms with Gasteiger partial charge < -0.3 is 20.1 Å². The Morgan fingerprint density at radius 3 is 2.71 bits per heavy atom. The normalized spacial score (nSPS) is 32.9. The minimum Gasteiger partial charge on any atom is -0.391 e. The molecule has 94 valence electrons. The smallest absolute Gasteiger partial charge is 0.330 e. The number of ether oxygens (including phenoxy) is 1. The molecular formula is C9H12N2O6. The van der Waals surface area contributed by atoms with E-state index < -0.39 is 35.8 Å². The summed E-state index contributed by atoms with van der Waals surface area (Å²) in [7, 11) is 0. The molecule has 1 aliphatic heterocycles. The van der Waals surface area contributed by atoms with Gasteiger partial charge in [-0.2, -0.15) is 0 Å². The van der Waals surface area contributed by atoms with Crippen LogP contribution in [0.15, 0.2) is 21.9 Å². The third kappa shape index (κ3) is 1.71. The van der Waals surface area contributed by atoms with Gasteiger partial charge in [-0.1, -0.05) is 0 Å². The van der Waals surface area contributed by atoms with Crippen molar-refractivity contribution < 1.29 is 20.1 Å². The Morgan fingerprint density at radius 1 is 1.53 bits per heavy atom. The van der Waals surface area contributed by atoms with Gasteiger partial charge in [-0.25, -0.2) is 4.79 Å². The number of nitrogens with one attached hydrogen (secondary N) is 1. The van der Waals surface area contributed by atoms with Gasteiger partial charge in [0.2, 0.25) is 5.72 Å². The van der Waals surface area contributed by atoms with Crippen molar-refractivity contribution in [3.63, 3.8) is 0 Å². The van der Waals surface area contributed by atoms with Crippen LogP contribution in [-0.4, -0.2) is 50.3 Å². The Balaban J connectivity index is 2.56. The van der Waals surface area contributed by atoms with E-state index in [1.807, 2.05) is 4.98 Å². The van der Waals surface area contributed by atoms with E-state index >= 15 is 0 Å². The fourth-order valence-electron chi connectivity index (χ4n) is 1.85. The molecule has 0 radical (unpaired) electrons. The van der Waals surface area contributed by atoms with Gasteiger partial charge in [-0.05, 0) is 0 Å². The molecule has 0 saturated carbocycles. The molecule has 1 aromatic rings. The van der Waals surface area contributed by atoms with E-state index in [4.69, 9.17) is 4.74 Å². The minimum atomic E-state index is -1.76. The summed E-state index contributed by atoms with van der Waals surface area (Å²) in [5, 5.41) is 28.5. The zero-order valence-corrected chi connectivity index (χ0v) is 8.74. The van der Waals surface area contributed by atoms with Crippen LogP contribution in [0.4, 0.5) is 0 Å². The maximum absolute atomic E-state index is 11.6. The number of aromatic amines is 1. The van der Waals surface area contributed by atoms with E-state index in [1.54, 1.807) is 0 Å².